The Kier molecular flexibility index (Phi) is 8.27. The van der Waals surface area contributed by atoms with Crippen LogP contribution in [-0.2, 0) is 16.6 Å². The van der Waals surface area contributed by atoms with Crippen molar-refractivity contribution >= 4 is 15.9 Å². The zero-order valence-electron chi connectivity index (χ0n) is 24.1. The van der Waals surface area contributed by atoms with Crippen molar-refractivity contribution in [2.75, 3.05) is 26.2 Å². The van der Waals surface area contributed by atoms with Gasteiger partial charge in [-0.05, 0) is 85.6 Å². The Hall–Kier alpha value is -4.07. The molecule has 45 heavy (non-hydrogen) atoms. The number of amides is 1. The third-order valence-electron chi connectivity index (χ3n) is 8.61. The third kappa shape index (κ3) is 6.51. The molecule has 13 heteroatoms. The highest BCUT2D eigenvalue weighted by molar-refractivity contribution is 7.89. The van der Waals surface area contributed by atoms with Crippen LogP contribution in [0.25, 0.3) is 5.69 Å². The van der Waals surface area contributed by atoms with Gasteiger partial charge in [0.25, 0.3) is 11.8 Å². The summed E-state index contributed by atoms with van der Waals surface area (Å²) in [4.78, 5) is 17.3. The van der Waals surface area contributed by atoms with E-state index in [9.17, 15) is 22.0 Å². The minimum absolute atomic E-state index is 0.0379. The smallest absolute Gasteiger partial charge is 0.273 e. The number of primary sulfonamides is 1. The van der Waals surface area contributed by atoms with Crippen molar-refractivity contribution in [2.45, 2.75) is 42.0 Å². The van der Waals surface area contributed by atoms with Gasteiger partial charge in [-0.1, -0.05) is 24.3 Å². The van der Waals surface area contributed by atoms with Crippen LogP contribution in [0.2, 0.25) is 0 Å². The summed E-state index contributed by atoms with van der Waals surface area (Å²) >= 11 is 0. The van der Waals surface area contributed by atoms with Crippen LogP contribution in [0.3, 0.4) is 0 Å². The summed E-state index contributed by atoms with van der Waals surface area (Å²) < 4.78 is 82.3. The van der Waals surface area contributed by atoms with Gasteiger partial charge in [0.2, 0.25) is 10.0 Å². The molecule has 1 unspecified atom stereocenters. The molecule has 6 rings (SSSR count). The Morgan fingerprint density at radius 1 is 0.911 bits per heavy atom. The largest absolute Gasteiger partial charge is 0.332 e. The monoisotopic (exact) mass is 641 g/mol. The molecule has 4 aromatic rings. The molecule has 3 heterocycles. The van der Waals surface area contributed by atoms with E-state index in [4.69, 9.17) is 5.14 Å². The zero-order chi connectivity index (χ0) is 31.9. The summed E-state index contributed by atoms with van der Waals surface area (Å²) in [5.74, 6) is -6.16. The lowest BCUT2D eigenvalue weighted by Gasteiger charge is -2.33. The maximum absolute atomic E-state index is 15.2. The Labute approximate surface area is 258 Å². The molecule has 2 fully saturated rings. The summed E-state index contributed by atoms with van der Waals surface area (Å²) in [5.41, 5.74) is 2.51. The van der Waals surface area contributed by atoms with E-state index in [-0.39, 0.29) is 28.5 Å². The van der Waals surface area contributed by atoms with E-state index in [1.54, 1.807) is 28.9 Å². The Morgan fingerprint density at radius 3 is 2.11 bits per heavy atom. The van der Waals surface area contributed by atoms with Crippen molar-refractivity contribution in [3.63, 3.8) is 0 Å². The summed E-state index contributed by atoms with van der Waals surface area (Å²) in [6.07, 6.45) is 2.66. The van der Waals surface area contributed by atoms with Gasteiger partial charge in [0, 0.05) is 19.0 Å². The maximum atomic E-state index is 15.2. The van der Waals surface area contributed by atoms with E-state index in [0.717, 1.165) is 22.6 Å². The van der Waals surface area contributed by atoms with Gasteiger partial charge >= 0.3 is 0 Å². The molecule has 2 aliphatic heterocycles. The molecule has 2 N–H and O–H groups in total. The number of hydrogen-bond donors (Lipinski definition) is 1. The molecule has 236 valence electrons. The van der Waals surface area contributed by atoms with Crippen molar-refractivity contribution in [2.24, 2.45) is 5.14 Å². The fraction of sp³-hybridized carbons (Fsp3) is 0.312. The van der Waals surface area contributed by atoms with Crippen molar-refractivity contribution in [3.05, 3.63) is 113 Å². The molecule has 1 aromatic heterocycles. The molecule has 1 atom stereocenters. The van der Waals surface area contributed by atoms with Crippen molar-refractivity contribution in [1.82, 2.24) is 19.6 Å². The van der Waals surface area contributed by atoms with Gasteiger partial charge < -0.3 is 4.90 Å². The number of carbonyl (C=O) groups is 1. The average Bonchev–Trinajstić information content (AvgIpc) is 3.59. The van der Waals surface area contributed by atoms with Crippen molar-refractivity contribution < 1.29 is 30.8 Å². The number of aromatic nitrogens is 2. The minimum Gasteiger partial charge on any atom is -0.332 e. The van der Waals surface area contributed by atoms with Crippen LogP contribution in [0.5, 0.6) is 0 Å². The number of piperidine rings is 1. The van der Waals surface area contributed by atoms with E-state index in [0.29, 0.717) is 43.9 Å². The minimum atomic E-state index is -3.79. The number of nitrogens with zero attached hydrogens (tertiary/aromatic N) is 4. The van der Waals surface area contributed by atoms with E-state index in [1.165, 1.54) is 42.6 Å². The maximum Gasteiger partial charge on any atom is 0.273 e. The van der Waals surface area contributed by atoms with Gasteiger partial charge in [0.15, 0.2) is 0 Å². The van der Waals surface area contributed by atoms with Crippen LogP contribution in [0.4, 0.5) is 17.6 Å². The quantitative estimate of drug-likeness (QED) is 0.285. The highest BCUT2D eigenvalue weighted by atomic mass is 32.2. The number of sulfonamides is 1. The number of halogens is 4. The molecular formula is C32H31F4N5O3S. The highest BCUT2D eigenvalue weighted by Gasteiger charge is 2.50. The molecular weight excluding hydrogens is 610 g/mol. The van der Waals surface area contributed by atoms with Crippen molar-refractivity contribution in [1.29, 1.82) is 0 Å². The predicted molar refractivity (Wildman–Crippen MR) is 159 cm³/mol. The molecule has 0 saturated carbocycles. The van der Waals surface area contributed by atoms with Gasteiger partial charge in [-0.3, -0.25) is 9.69 Å². The molecule has 0 aliphatic carbocycles. The zero-order valence-corrected chi connectivity index (χ0v) is 24.9. The lowest BCUT2D eigenvalue weighted by atomic mass is 9.90. The standard InChI is InChI=1S/C32H31F4N5O3S/c33-24-5-3-22(4-6-24)29-19-40(20-32(29,35)36)31(42)28-17-38-41(26-9-7-25(34)8-10-26)30(28)23-13-15-39(16-14-23)18-21-1-11-27(12-2-21)45(37,43)44/h1-12,17,23,29H,13-16,18-20H2,(H2,37,43,44). The molecule has 3 aromatic carbocycles. The molecule has 1 amide bonds. The first kappa shape index (κ1) is 30.9. The number of rotatable bonds is 7. The number of likely N-dealkylation sites (tertiary alicyclic amines) is 2. The van der Waals surface area contributed by atoms with Gasteiger partial charge in [-0.15, -0.1) is 0 Å². The number of alkyl halides is 2. The van der Waals surface area contributed by atoms with Crippen LogP contribution in [0.1, 0.15) is 51.9 Å². The molecule has 0 bridgehead atoms. The van der Waals surface area contributed by atoms with Crippen LogP contribution >= 0.6 is 0 Å². The normalized spacial score (nSPS) is 19.2. The fourth-order valence-corrected chi connectivity index (χ4v) is 6.78. The number of benzene rings is 3. The van der Waals surface area contributed by atoms with E-state index < -0.39 is 46.0 Å². The third-order valence-corrected chi connectivity index (χ3v) is 9.54. The number of carbonyl (C=O) groups excluding carboxylic acids is 1. The number of hydrogen-bond acceptors (Lipinski definition) is 5. The van der Waals surface area contributed by atoms with Crippen molar-refractivity contribution in [3.8, 4) is 5.69 Å². The average molecular weight is 642 g/mol. The van der Waals surface area contributed by atoms with Gasteiger partial charge in [-0.2, -0.15) is 5.10 Å². The summed E-state index contributed by atoms with van der Waals surface area (Å²) in [6.45, 7) is 0.865. The van der Waals surface area contributed by atoms with E-state index in [1.807, 2.05) is 0 Å². The lowest BCUT2D eigenvalue weighted by Crippen LogP contribution is -2.35. The first-order valence-corrected chi connectivity index (χ1v) is 16.0. The van der Waals surface area contributed by atoms with E-state index in [2.05, 4.69) is 10.00 Å². The summed E-state index contributed by atoms with van der Waals surface area (Å²) in [5, 5.41) is 9.67. The molecule has 2 saturated heterocycles. The Bertz CT molecular complexity index is 1790. The number of nitrogens with two attached hydrogens (primary N) is 1. The molecule has 2 aliphatic rings. The van der Waals surface area contributed by atoms with Crippen LogP contribution < -0.4 is 5.14 Å². The first-order valence-electron chi connectivity index (χ1n) is 14.5. The lowest BCUT2D eigenvalue weighted by molar-refractivity contribution is -0.00245. The topological polar surface area (TPSA) is 102 Å². The second-order valence-electron chi connectivity index (χ2n) is 11.6. The van der Waals surface area contributed by atoms with Crippen LogP contribution in [-0.4, -0.2) is 66.0 Å². The Balaban J connectivity index is 1.24. The second-order valence-corrected chi connectivity index (χ2v) is 13.2. The first-order chi connectivity index (χ1) is 21.4. The molecule has 0 radical (unpaired) electrons. The Morgan fingerprint density at radius 2 is 1.51 bits per heavy atom. The van der Waals surface area contributed by atoms with Gasteiger partial charge in [0.05, 0.1) is 40.5 Å². The fourth-order valence-electron chi connectivity index (χ4n) is 6.26. The SMILES string of the molecule is NS(=O)(=O)c1ccc(CN2CCC(c3c(C(=O)N4CC(c5ccc(F)cc5)C(F)(F)C4)cnn3-c3ccc(F)cc3)CC2)cc1. The second kappa shape index (κ2) is 12.0. The molecule has 0 spiro atoms. The van der Waals surface area contributed by atoms with Crippen LogP contribution in [0, 0.1) is 11.6 Å². The van der Waals surface area contributed by atoms with E-state index >= 15 is 8.78 Å². The summed E-state index contributed by atoms with van der Waals surface area (Å²) in [6, 6.07) is 17.0. The molecule has 8 nitrogen and oxygen atoms in total. The summed E-state index contributed by atoms with van der Waals surface area (Å²) in [7, 11) is -3.79. The predicted octanol–water partition coefficient (Wildman–Crippen LogP) is 5.05. The van der Waals surface area contributed by atoms with Gasteiger partial charge in [0.1, 0.15) is 11.6 Å². The van der Waals surface area contributed by atoms with Gasteiger partial charge in [-0.25, -0.2) is 35.8 Å². The highest BCUT2D eigenvalue weighted by Crippen LogP contribution is 2.42. The van der Waals surface area contributed by atoms with Crippen LogP contribution in [0.15, 0.2) is 83.9 Å².